The van der Waals surface area contributed by atoms with Crippen LogP contribution in [0.15, 0.2) is 35.3 Å². The first-order valence-electron chi connectivity index (χ1n) is 8.88. The van der Waals surface area contributed by atoms with Crippen LogP contribution in [-0.4, -0.2) is 39.3 Å². The van der Waals surface area contributed by atoms with Gasteiger partial charge in [0.25, 0.3) is 0 Å². The monoisotopic (exact) mass is 351 g/mol. The average Bonchev–Trinajstić information content (AvgIpc) is 3.05. The van der Waals surface area contributed by atoms with Gasteiger partial charge in [0.15, 0.2) is 15.8 Å². The molecule has 0 radical (unpaired) electrons. The molecule has 0 saturated heterocycles. The molecule has 2 N–H and O–H groups in total. The maximum Gasteiger partial charge on any atom is 0.191 e. The van der Waals surface area contributed by atoms with E-state index >= 15 is 0 Å². The fourth-order valence-corrected chi connectivity index (χ4v) is 4.37. The van der Waals surface area contributed by atoms with Crippen LogP contribution in [0.5, 0.6) is 0 Å². The maximum atomic E-state index is 12.2. The van der Waals surface area contributed by atoms with Crippen molar-refractivity contribution in [2.75, 3.05) is 18.8 Å². The van der Waals surface area contributed by atoms with E-state index in [0.29, 0.717) is 19.0 Å². The molecule has 0 heterocycles. The molecule has 24 heavy (non-hydrogen) atoms. The first kappa shape index (κ1) is 18.8. The van der Waals surface area contributed by atoms with Crippen LogP contribution in [0, 0.1) is 0 Å². The Morgan fingerprint density at radius 3 is 2.58 bits per heavy atom. The van der Waals surface area contributed by atoms with Gasteiger partial charge in [-0.2, -0.15) is 0 Å². The predicted molar refractivity (Wildman–Crippen MR) is 99.9 cm³/mol. The van der Waals surface area contributed by atoms with E-state index in [4.69, 9.17) is 0 Å². The van der Waals surface area contributed by atoms with Gasteiger partial charge in [0, 0.05) is 19.1 Å². The Balaban J connectivity index is 1.77. The lowest BCUT2D eigenvalue weighted by Crippen LogP contribution is -2.42. The van der Waals surface area contributed by atoms with Crippen molar-refractivity contribution < 1.29 is 8.42 Å². The van der Waals surface area contributed by atoms with E-state index in [9.17, 15) is 8.42 Å². The third-order valence-corrected chi connectivity index (χ3v) is 5.84. The molecular formula is C18H29N3O2S. The van der Waals surface area contributed by atoms with Gasteiger partial charge in [-0.05, 0) is 31.7 Å². The number of nitrogens with zero attached hydrogens (tertiary/aromatic N) is 1. The minimum Gasteiger partial charge on any atom is -0.357 e. The summed E-state index contributed by atoms with van der Waals surface area (Å²) in [6.07, 6.45) is 5.48. The standard InChI is InChI=1S/C18H29N3O2S/c1-2-19-18(21-17-11-6-7-12-17)20-13-8-14-24(22,23)15-16-9-4-3-5-10-16/h3-5,9-10,17H,2,6-8,11-15H2,1H3,(H2,19,20,21). The highest BCUT2D eigenvalue weighted by Crippen LogP contribution is 2.17. The van der Waals surface area contributed by atoms with E-state index < -0.39 is 9.84 Å². The van der Waals surface area contributed by atoms with Crippen LogP contribution in [0.3, 0.4) is 0 Å². The summed E-state index contributed by atoms with van der Waals surface area (Å²) >= 11 is 0. The Morgan fingerprint density at radius 1 is 1.21 bits per heavy atom. The Bertz CT molecular complexity index is 608. The van der Waals surface area contributed by atoms with Crippen LogP contribution < -0.4 is 10.6 Å². The summed E-state index contributed by atoms with van der Waals surface area (Å²) in [7, 11) is -3.08. The number of rotatable bonds is 8. The fraction of sp³-hybridized carbons (Fsp3) is 0.611. The first-order valence-corrected chi connectivity index (χ1v) is 10.7. The van der Waals surface area contributed by atoms with Gasteiger partial charge in [-0.25, -0.2) is 8.42 Å². The van der Waals surface area contributed by atoms with Gasteiger partial charge >= 0.3 is 0 Å². The summed E-state index contributed by atoms with van der Waals surface area (Å²) in [5.74, 6) is 1.09. The van der Waals surface area contributed by atoms with Gasteiger partial charge in [-0.1, -0.05) is 43.2 Å². The number of nitrogens with one attached hydrogen (secondary N) is 2. The van der Waals surface area contributed by atoms with Crippen molar-refractivity contribution in [1.82, 2.24) is 10.6 Å². The highest BCUT2D eigenvalue weighted by molar-refractivity contribution is 7.90. The van der Waals surface area contributed by atoms with E-state index in [1.165, 1.54) is 25.7 Å². The molecule has 1 aliphatic carbocycles. The average molecular weight is 352 g/mol. The summed E-state index contributed by atoms with van der Waals surface area (Å²) in [6, 6.07) is 9.84. The quantitative estimate of drug-likeness (QED) is 0.429. The van der Waals surface area contributed by atoms with Crippen molar-refractivity contribution in [1.29, 1.82) is 0 Å². The molecule has 134 valence electrons. The molecular weight excluding hydrogens is 322 g/mol. The number of aliphatic imine (C=N–C) groups is 1. The fourth-order valence-electron chi connectivity index (χ4n) is 2.96. The number of guanidine groups is 1. The van der Waals surface area contributed by atoms with Gasteiger partial charge < -0.3 is 10.6 Å². The molecule has 0 atom stereocenters. The zero-order valence-corrected chi connectivity index (χ0v) is 15.3. The van der Waals surface area contributed by atoms with Crippen molar-refractivity contribution in [2.45, 2.75) is 50.8 Å². The number of benzene rings is 1. The lowest BCUT2D eigenvalue weighted by atomic mass is 10.2. The molecule has 1 aromatic carbocycles. The molecule has 2 rings (SSSR count). The zero-order chi connectivity index (χ0) is 17.3. The van der Waals surface area contributed by atoms with Crippen molar-refractivity contribution in [3.05, 3.63) is 35.9 Å². The van der Waals surface area contributed by atoms with E-state index in [1.54, 1.807) is 0 Å². The summed E-state index contributed by atoms with van der Waals surface area (Å²) in [6.45, 7) is 3.37. The van der Waals surface area contributed by atoms with E-state index in [1.807, 2.05) is 37.3 Å². The number of hydrogen-bond acceptors (Lipinski definition) is 3. The highest BCUT2D eigenvalue weighted by Gasteiger charge is 2.16. The normalized spacial score (nSPS) is 16.3. The van der Waals surface area contributed by atoms with Gasteiger partial charge in [-0.15, -0.1) is 0 Å². The molecule has 1 aliphatic rings. The van der Waals surface area contributed by atoms with Crippen LogP contribution in [0.25, 0.3) is 0 Å². The second kappa shape index (κ2) is 9.67. The van der Waals surface area contributed by atoms with Gasteiger partial charge in [0.1, 0.15) is 0 Å². The van der Waals surface area contributed by atoms with Gasteiger partial charge in [0.05, 0.1) is 11.5 Å². The van der Waals surface area contributed by atoms with Crippen LogP contribution in [-0.2, 0) is 15.6 Å². The third-order valence-electron chi connectivity index (χ3n) is 4.15. The molecule has 1 aromatic rings. The predicted octanol–water partition coefficient (Wildman–Crippen LogP) is 2.49. The summed E-state index contributed by atoms with van der Waals surface area (Å²) < 4.78 is 24.3. The lowest BCUT2D eigenvalue weighted by molar-refractivity contribution is 0.592. The van der Waals surface area contributed by atoms with Crippen LogP contribution in [0.4, 0.5) is 0 Å². The molecule has 0 aromatic heterocycles. The van der Waals surface area contributed by atoms with Crippen molar-refractivity contribution >= 4 is 15.8 Å². The smallest absolute Gasteiger partial charge is 0.191 e. The molecule has 1 saturated carbocycles. The minimum atomic E-state index is -3.08. The Morgan fingerprint density at radius 2 is 1.92 bits per heavy atom. The molecule has 0 unspecified atom stereocenters. The van der Waals surface area contributed by atoms with E-state index in [2.05, 4.69) is 15.6 Å². The summed E-state index contributed by atoms with van der Waals surface area (Å²) in [4.78, 5) is 4.52. The van der Waals surface area contributed by atoms with Crippen molar-refractivity contribution in [3.8, 4) is 0 Å². The number of hydrogen-bond donors (Lipinski definition) is 2. The number of sulfone groups is 1. The Kier molecular flexibility index (Phi) is 7.56. The van der Waals surface area contributed by atoms with Gasteiger partial charge in [0.2, 0.25) is 0 Å². The van der Waals surface area contributed by atoms with Crippen LogP contribution >= 0.6 is 0 Å². The lowest BCUT2D eigenvalue weighted by Gasteiger charge is -2.16. The molecule has 6 heteroatoms. The van der Waals surface area contributed by atoms with Gasteiger partial charge in [-0.3, -0.25) is 4.99 Å². The molecule has 0 bridgehead atoms. The van der Waals surface area contributed by atoms with Crippen LogP contribution in [0.2, 0.25) is 0 Å². The van der Waals surface area contributed by atoms with Crippen LogP contribution in [0.1, 0.15) is 44.6 Å². The molecule has 0 amide bonds. The highest BCUT2D eigenvalue weighted by atomic mass is 32.2. The second-order valence-corrected chi connectivity index (χ2v) is 8.50. The maximum absolute atomic E-state index is 12.2. The zero-order valence-electron chi connectivity index (χ0n) is 14.5. The molecule has 0 spiro atoms. The summed E-state index contributed by atoms with van der Waals surface area (Å²) in [5, 5.41) is 6.68. The largest absolute Gasteiger partial charge is 0.357 e. The minimum absolute atomic E-state index is 0.109. The summed E-state index contributed by atoms with van der Waals surface area (Å²) in [5.41, 5.74) is 0.845. The topological polar surface area (TPSA) is 70.6 Å². The van der Waals surface area contributed by atoms with Crippen molar-refractivity contribution in [3.63, 3.8) is 0 Å². The second-order valence-electron chi connectivity index (χ2n) is 6.32. The van der Waals surface area contributed by atoms with E-state index in [0.717, 1.165) is 18.1 Å². The van der Waals surface area contributed by atoms with E-state index in [-0.39, 0.29) is 11.5 Å². The third kappa shape index (κ3) is 6.91. The Hall–Kier alpha value is -1.56. The SMILES string of the molecule is CCNC(=NCCCS(=O)(=O)Cc1ccccc1)NC1CCCC1. The Labute approximate surface area is 145 Å². The molecule has 0 aliphatic heterocycles. The first-order chi connectivity index (χ1) is 11.6. The molecule has 1 fully saturated rings. The molecule has 5 nitrogen and oxygen atoms in total. The van der Waals surface area contributed by atoms with Crippen molar-refractivity contribution in [2.24, 2.45) is 4.99 Å².